The van der Waals surface area contributed by atoms with Crippen LogP contribution in [0.25, 0.3) is 0 Å². The Labute approximate surface area is 125 Å². The average Bonchev–Trinajstić information content (AvgIpc) is 2.52. The predicted molar refractivity (Wildman–Crippen MR) is 82.0 cm³/mol. The van der Waals surface area contributed by atoms with Gasteiger partial charge in [-0.05, 0) is 30.2 Å². The Morgan fingerprint density at radius 1 is 1.19 bits per heavy atom. The average molecular weight is 291 g/mol. The Bertz CT molecular complexity index is 500. The quantitative estimate of drug-likeness (QED) is 0.591. The third kappa shape index (κ3) is 4.02. The van der Waals surface area contributed by atoms with Gasteiger partial charge in [0.25, 0.3) is 0 Å². The van der Waals surface area contributed by atoms with Crippen LogP contribution in [0.2, 0.25) is 0 Å². The zero-order chi connectivity index (χ0) is 15.8. The van der Waals surface area contributed by atoms with Crippen molar-refractivity contribution < 1.29 is 19.0 Å². The SMILES string of the molecule is C=CC[C@H](NC(=O)C=C)c1cc(OC)c(OC)c(OC)c1. The van der Waals surface area contributed by atoms with Crippen molar-refractivity contribution in [2.45, 2.75) is 12.5 Å². The molecule has 0 spiro atoms. The first kappa shape index (κ1) is 16.6. The molecule has 0 aliphatic carbocycles. The van der Waals surface area contributed by atoms with Crippen molar-refractivity contribution in [1.82, 2.24) is 5.32 Å². The summed E-state index contributed by atoms with van der Waals surface area (Å²) in [5.74, 6) is 1.33. The summed E-state index contributed by atoms with van der Waals surface area (Å²) >= 11 is 0. The molecule has 5 nitrogen and oxygen atoms in total. The molecule has 1 aromatic rings. The molecule has 0 saturated carbocycles. The Hall–Kier alpha value is -2.43. The van der Waals surface area contributed by atoms with E-state index in [-0.39, 0.29) is 11.9 Å². The van der Waals surface area contributed by atoms with Crippen LogP contribution in [0, 0.1) is 0 Å². The fourth-order valence-corrected chi connectivity index (χ4v) is 1.98. The van der Waals surface area contributed by atoms with E-state index in [1.165, 1.54) is 6.08 Å². The van der Waals surface area contributed by atoms with Crippen molar-refractivity contribution in [3.8, 4) is 17.2 Å². The third-order valence-corrected chi connectivity index (χ3v) is 2.99. The van der Waals surface area contributed by atoms with Crippen molar-refractivity contribution in [2.24, 2.45) is 0 Å². The molecule has 1 rings (SSSR count). The van der Waals surface area contributed by atoms with Gasteiger partial charge in [0, 0.05) is 0 Å². The first-order valence-electron chi connectivity index (χ1n) is 6.44. The normalized spacial score (nSPS) is 11.2. The third-order valence-electron chi connectivity index (χ3n) is 2.99. The molecule has 0 unspecified atom stereocenters. The lowest BCUT2D eigenvalue weighted by molar-refractivity contribution is -0.117. The number of ether oxygens (including phenoxy) is 3. The summed E-state index contributed by atoms with van der Waals surface area (Å²) in [6.45, 7) is 7.17. The summed E-state index contributed by atoms with van der Waals surface area (Å²) < 4.78 is 15.9. The largest absolute Gasteiger partial charge is 0.493 e. The van der Waals surface area contributed by atoms with E-state index in [1.807, 2.05) is 0 Å². The number of rotatable bonds is 8. The maximum Gasteiger partial charge on any atom is 0.243 e. The summed E-state index contributed by atoms with van der Waals surface area (Å²) in [6, 6.07) is 3.36. The van der Waals surface area contributed by atoms with E-state index in [1.54, 1.807) is 39.5 Å². The molecular weight excluding hydrogens is 270 g/mol. The molecule has 1 amide bonds. The number of carbonyl (C=O) groups excluding carboxylic acids is 1. The van der Waals surface area contributed by atoms with Gasteiger partial charge >= 0.3 is 0 Å². The first-order valence-corrected chi connectivity index (χ1v) is 6.44. The summed E-state index contributed by atoms with van der Waals surface area (Å²) in [7, 11) is 4.64. The number of nitrogens with one attached hydrogen (secondary N) is 1. The minimum absolute atomic E-state index is 0.248. The standard InChI is InChI=1S/C16H21NO4/c1-6-8-12(17-15(18)7-2)11-9-13(19-3)16(21-5)14(10-11)20-4/h6-7,9-10,12H,1-2,8H2,3-5H3,(H,17,18)/t12-/m0/s1. The second-order valence-corrected chi connectivity index (χ2v) is 4.25. The fraction of sp³-hybridized carbons (Fsp3) is 0.312. The Balaban J connectivity index is 3.27. The molecule has 0 fully saturated rings. The molecule has 21 heavy (non-hydrogen) atoms. The lowest BCUT2D eigenvalue weighted by atomic mass is 10.0. The number of hydrogen-bond acceptors (Lipinski definition) is 4. The van der Waals surface area contributed by atoms with E-state index in [9.17, 15) is 4.79 Å². The molecule has 1 aromatic carbocycles. The molecule has 0 bridgehead atoms. The Morgan fingerprint density at radius 3 is 2.14 bits per heavy atom. The first-order chi connectivity index (χ1) is 10.1. The van der Waals surface area contributed by atoms with Gasteiger partial charge in [-0.1, -0.05) is 12.7 Å². The molecule has 0 aromatic heterocycles. The summed E-state index contributed by atoms with van der Waals surface area (Å²) in [6.07, 6.45) is 3.53. The van der Waals surface area contributed by atoms with Crippen LogP contribution in [-0.2, 0) is 4.79 Å². The molecule has 0 aliphatic heterocycles. The van der Waals surface area contributed by atoms with E-state index in [0.29, 0.717) is 23.7 Å². The number of carbonyl (C=O) groups is 1. The number of benzene rings is 1. The van der Waals surface area contributed by atoms with E-state index >= 15 is 0 Å². The van der Waals surface area contributed by atoms with Crippen molar-refractivity contribution >= 4 is 5.91 Å². The van der Waals surface area contributed by atoms with E-state index < -0.39 is 0 Å². The number of hydrogen-bond donors (Lipinski definition) is 1. The second-order valence-electron chi connectivity index (χ2n) is 4.25. The second kappa shape index (κ2) is 7.99. The smallest absolute Gasteiger partial charge is 0.243 e. The van der Waals surface area contributed by atoms with Crippen LogP contribution < -0.4 is 19.5 Å². The van der Waals surface area contributed by atoms with Gasteiger partial charge in [-0.2, -0.15) is 0 Å². The van der Waals surface area contributed by atoms with Crippen LogP contribution >= 0.6 is 0 Å². The van der Waals surface area contributed by atoms with Crippen molar-refractivity contribution in [1.29, 1.82) is 0 Å². The molecule has 1 atom stereocenters. The van der Waals surface area contributed by atoms with Crippen molar-refractivity contribution in [3.05, 3.63) is 43.0 Å². The lowest BCUT2D eigenvalue weighted by Gasteiger charge is -2.20. The zero-order valence-electron chi connectivity index (χ0n) is 12.6. The van der Waals surface area contributed by atoms with E-state index in [2.05, 4.69) is 18.5 Å². The Kier molecular flexibility index (Phi) is 6.33. The topological polar surface area (TPSA) is 56.8 Å². The lowest BCUT2D eigenvalue weighted by Crippen LogP contribution is -2.26. The van der Waals surface area contributed by atoms with Gasteiger partial charge in [0.2, 0.25) is 11.7 Å². The van der Waals surface area contributed by atoms with Crippen molar-refractivity contribution in [3.63, 3.8) is 0 Å². The van der Waals surface area contributed by atoms with Crippen LogP contribution in [-0.4, -0.2) is 27.2 Å². The van der Waals surface area contributed by atoms with Gasteiger partial charge < -0.3 is 19.5 Å². The van der Waals surface area contributed by atoms with E-state index in [4.69, 9.17) is 14.2 Å². The van der Waals surface area contributed by atoms with Crippen LogP contribution in [0.5, 0.6) is 17.2 Å². The van der Waals surface area contributed by atoms with Crippen LogP contribution in [0.1, 0.15) is 18.0 Å². The highest BCUT2D eigenvalue weighted by Crippen LogP contribution is 2.40. The number of amides is 1. The molecule has 5 heteroatoms. The molecule has 0 saturated heterocycles. The van der Waals surface area contributed by atoms with Crippen LogP contribution in [0.3, 0.4) is 0 Å². The van der Waals surface area contributed by atoms with Gasteiger partial charge in [-0.25, -0.2) is 0 Å². The van der Waals surface area contributed by atoms with Gasteiger partial charge in [0.1, 0.15) is 0 Å². The monoisotopic (exact) mass is 291 g/mol. The Morgan fingerprint density at radius 2 is 1.76 bits per heavy atom. The molecular formula is C16H21NO4. The highest BCUT2D eigenvalue weighted by molar-refractivity contribution is 5.87. The summed E-state index contributed by atoms with van der Waals surface area (Å²) in [5, 5.41) is 2.84. The minimum atomic E-state index is -0.254. The van der Waals surface area contributed by atoms with Crippen LogP contribution in [0.15, 0.2) is 37.4 Å². The molecule has 0 heterocycles. The summed E-state index contributed by atoms with van der Waals surface area (Å²) in [4.78, 5) is 11.6. The number of methoxy groups -OCH3 is 3. The van der Waals surface area contributed by atoms with Gasteiger partial charge in [0.15, 0.2) is 11.5 Å². The van der Waals surface area contributed by atoms with E-state index in [0.717, 1.165) is 5.56 Å². The maximum absolute atomic E-state index is 11.6. The predicted octanol–water partition coefficient (Wildman–Crippen LogP) is 2.63. The maximum atomic E-state index is 11.6. The van der Waals surface area contributed by atoms with Gasteiger partial charge in [0.05, 0.1) is 27.4 Å². The molecule has 114 valence electrons. The molecule has 0 radical (unpaired) electrons. The fourth-order valence-electron chi connectivity index (χ4n) is 1.98. The highest BCUT2D eigenvalue weighted by atomic mass is 16.5. The molecule has 1 N–H and O–H groups in total. The van der Waals surface area contributed by atoms with Gasteiger partial charge in [-0.15, -0.1) is 6.58 Å². The molecule has 0 aliphatic rings. The zero-order valence-corrected chi connectivity index (χ0v) is 12.6. The highest BCUT2D eigenvalue weighted by Gasteiger charge is 2.19. The summed E-state index contributed by atoms with van der Waals surface area (Å²) in [5.41, 5.74) is 0.833. The van der Waals surface area contributed by atoms with Gasteiger partial charge in [-0.3, -0.25) is 4.79 Å². The van der Waals surface area contributed by atoms with Crippen LogP contribution in [0.4, 0.5) is 0 Å². The van der Waals surface area contributed by atoms with Crippen molar-refractivity contribution in [2.75, 3.05) is 21.3 Å². The minimum Gasteiger partial charge on any atom is -0.493 e.